The summed E-state index contributed by atoms with van der Waals surface area (Å²) in [7, 11) is 0. The average molecular weight is 548 g/mol. The molecule has 1 aromatic heterocycles. The van der Waals surface area contributed by atoms with Crippen LogP contribution in [-0.2, 0) is 11.3 Å². The fraction of sp³-hybridized carbons (Fsp3) is 0.826. The standard InChI is InChI=1S/C23H41N5O2.HI/c1-3-24-23(25-12-8-9-17-29-22-10-6-4-5-7-11-22)28-15-13-27(14-16-28)19-21-18-20(2)30-26-21;/h18,22H,3-17,19H2,1-2H3,(H,24,25);1H. The Morgan fingerprint density at radius 2 is 1.90 bits per heavy atom. The van der Waals surface area contributed by atoms with Crippen molar-refractivity contribution < 1.29 is 9.26 Å². The third-order valence-corrected chi connectivity index (χ3v) is 6.04. The van der Waals surface area contributed by atoms with E-state index in [1.807, 2.05) is 13.0 Å². The molecule has 31 heavy (non-hydrogen) atoms. The molecule has 1 aliphatic carbocycles. The van der Waals surface area contributed by atoms with Crippen LogP contribution in [0.1, 0.15) is 69.7 Å². The van der Waals surface area contributed by atoms with Crippen molar-refractivity contribution in [1.82, 2.24) is 20.3 Å². The number of nitrogens with zero attached hydrogens (tertiary/aromatic N) is 4. The normalized spacial score (nSPS) is 19.2. The number of ether oxygens (including phenoxy) is 1. The van der Waals surface area contributed by atoms with Crippen LogP contribution in [0.4, 0.5) is 0 Å². The first kappa shape index (κ1) is 26.4. The lowest BCUT2D eigenvalue weighted by Crippen LogP contribution is -2.52. The molecular weight excluding hydrogens is 505 g/mol. The van der Waals surface area contributed by atoms with Crippen molar-refractivity contribution in [3.8, 4) is 0 Å². The minimum absolute atomic E-state index is 0. The van der Waals surface area contributed by atoms with Gasteiger partial charge in [-0.25, -0.2) is 0 Å². The molecule has 0 unspecified atom stereocenters. The van der Waals surface area contributed by atoms with Gasteiger partial charge in [0, 0.05) is 58.5 Å². The molecule has 2 fully saturated rings. The number of piperazine rings is 1. The van der Waals surface area contributed by atoms with Crippen molar-refractivity contribution in [1.29, 1.82) is 0 Å². The number of halogens is 1. The number of rotatable bonds is 9. The van der Waals surface area contributed by atoms with Crippen LogP contribution in [0.5, 0.6) is 0 Å². The summed E-state index contributed by atoms with van der Waals surface area (Å²) < 4.78 is 11.3. The summed E-state index contributed by atoms with van der Waals surface area (Å²) in [6, 6.07) is 2.03. The Morgan fingerprint density at radius 3 is 2.55 bits per heavy atom. The predicted octanol–water partition coefficient (Wildman–Crippen LogP) is 4.20. The lowest BCUT2D eigenvalue weighted by molar-refractivity contribution is 0.0412. The van der Waals surface area contributed by atoms with Crippen LogP contribution in [0.15, 0.2) is 15.6 Å². The number of guanidine groups is 1. The summed E-state index contributed by atoms with van der Waals surface area (Å²) in [5.74, 6) is 1.93. The van der Waals surface area contributed by atoms with E-state index in [-0.39, 0.29) is 24.0 Å². The molecule has 7 nitrogen and oxygen atoms in total. The first-order valence-corrected chi connectivity index (χ1v) is 12.0. The molecule has 3 rings (SSSR count). The summed E-state index contributed by atoms with van der Waals surface area (Å²) in [4.78, 5) is 9.70. The molecule has 0 spiro atoms. The first-order chi connectivity index (χ1) is 14.7. The van der Waals surface area contributed by atoms with Gasteiger partial charge in [0.25, 0.3) is 0 Å². The van der Waals surface area contributed by atoms with Crippen molar-refractivity contribution in [2.24, 2.45) is 4.99 Å². The van der Waals surface area contributed by atoms with Gasteiger partial charge in [0.2, 0.25) is 0 Å². The van der Waals surface area contributed by atoms with Crippen LogP contribution in [0.3, 0.4) is 0 Å². The summed E-state index contributed by atoms with van der Waals surface area (Å²) >= 11 is 0. The number of aromatic nitrogens is 1. The minimum atomic E-state index is 0. The molecule has 1 aliphatic heterocycles. The zero-order valence-electron chi connectivity index (χ0n) is 19.5. The number of hydrogen-bond donors (Lipinski definition) is 1. The molecular formula is C23H42IN5O2. The van der Waals surface area contributed by atoms with Crippen LogP contribution in [-0.4, -0.2) is 72.9 Å². The molecule has 1 N–H and O–H groups in total. The van der Waals surface area contributed by atoms with Gasteiger partial charge in [0.1, 0.15) is 5.76 Å². The molecule has 8 heteroatoms. The summed E-state index contributed by atoms with van der Waals surface area (Å²) in [5, 5.41) is 7.58. The number of hydrogen-bond acceptors (Lipinski definition) is 5. The maximum Gasteiger partial charge on any atom is 0.194 e. The lowest BCUT2D eigenvalue weighted by atomic mass is 10.1. The molecule has 178 valence electrons. The van der Waals surface area contributed by atoms with Gasteiger partial charge in [-0.05, 0) is 39.5 Å². The second kappa shape index (κ2) is 15.1. The third-order valence-electron chi connectivity index (χ3n) is 6.04. The third kappa shape index (κ3) is 9.65. The Hall–Kier alpha value is -0.870. The zero-order chi connectivity index (χ0) is 21.0. The summed E-state index contributed by atoms with van der Waals surface area (Å²) in [6.45, 7) is 11.6. The fourth-order valence-electron chi connectivity index (χ4n) is 4.32. The molecule has 1 saturated heterocycles. The molecule has 2 heterocycles. The topological polar surface area (TPSA) is 66.1 Å². The monoisotopic (exact) mass is 547 g/mol. The highest BCUT2D eigenvalue weighted by Gasteiger charge is 2.20. The Morgan fingerprint density at radius 1 is 1.16 bits per heavy atom. The quantitative estimate of drug-likeness (QED) is 0.164. The van der Waals surface area contributed by atoms with Crippen molar-refractivity contribution in [3.63, 3.8) is 0 Å². The van der Waals surface area contributed by atoms with E-state index in [0.717, 1.165) is 82.7 Å². The van der Waals surface area contributed by atoms with Gasteiger partial charge >= 0.3 is 0 Å². The number of nitrogens with one attached hydrogen (secondary N) is 1. The largest absolute Gasteiger partial charge is 0.378 e. The van der Waals surface area contributed by atoms with Gasteiger partial charge in [0.15, 0.2) is 5.96 Å². The van der Waals surface area contributed by atoms with E-state index < -0.39 is 0 Å². The lowest BCUT2D eigenvalue weighted by Gasteiger charge is -2.36. The SMILES string of the molecule is CCNC(=NCCCCOC1CCCCCC1)N1CCN(Cc2cc(C)on2)CC1.I. The number of aliphatic imine (C=N–C) groups is 1. The summed E-state index contributed by atoms with van der Waals surface area (Å²) in [6.07, 6.45) is 10.7. The van der Waals surface area contributed by atoms with E-state index in [9.17, 15) is 0 Å². The van der Waals surface area contributed by atoms with E-state index in [1.165, 1.54) is 38.5 Å². The van der Waals surface area contributed by atoms with Gasteiger partial charge in [-0.2, -0.15) is 0 Å². The molecule has 0 bridgehead atoms. The number of unbranched alkanes of at least 4 members (excludes halogenated alkanes) is 1. The maximum absolute atomic E-state index is 6.10. The van der Waals surface area contributed by atoms with E-state index in [2.05, 4.69) is 27.2 Å². The van der Waals surface area contributed by atoms with E-state index in [0.29, 0.717) is 6.10 Å². The van der Waals surface area contributed by atoms with Crippen LogP contribution < -0.4 is 5.32 Å². The van der Waals surface area contributed by atoms with Crippen molar-refractivity contribution in [2.45, 2.75) is 77.9 Å². The summed E-state index contributed by atoms with van der Waals surface area (Å²) in [5.41, 5.74) is 1.02. The second-order valence-electron chi connectivity index (χ2n) is 8.62. The number of aryl methyl sites for hydroxylation is 1. The van der Waals surface area contributed by atoms with Crippen LogP contribution in [0.25, 0.3) is 0 Å². The maximum atomic E-state index is 6.10. The van der Waals surface area contributed by atoms with E-state index in [4.69, 9.17) is 14.3 Å². The van der Waals surface area contributed by atoms with E-state index in [1.54, 1.807) is 0 Å². The smallest absolute Gasteiger partial charge is 0.194 e. The minimum Gasteiger partial charge on any atom is -0.378 e. The molecule has 0 radical (unpaired) electrons. The van der Waals surface area contributed by atoms with Gasteiger partial charge < -0.3 is 19.5 Å². The molecule has 0 aromatic carbocycles. The Bertz CT molecular complexity index is 623. The molecule has 1 aromatic rings. The average Bonchev–Trinajstić information content (AvgIpc) is 2.99. The van der Waals surface area contributed by atoms with Gasteiger partial charge in [-0.1, -0.05) is 30.8 Å². The van der Waals surface area contributed by atoms with Gasteiger partial charge in [-0.3, -0.25) is 9.89 Å². The van der Waals surface area contributed by atoms with E-state index >= 15 is 0 Å². The highest BCUT2D eigenvalue weighted by atomic mass is 127. The molecule has 1 saturated carbocycles. The highest BCUT2D eigenvalue weighted by Crippen LogP contribution is 2.20. The second-order valence-corrected chi connectivity index (χ2v) is 8.62. The Labute approximate surface area is 205 Å². The highest BCUT2D eigenvalue weighted by molar-refractivity contribution is 14.0. The first-order valence-electron chi connectivity index (χ1n) is 12.0. The van der Waals surface area contributed by atoms with Crippen molar-refractivity contribution in [2.75, 3.05) is 45.9 Å². The van der Waals surface area contributed by atoms with Gasteiger partial charge in [-0.15, -0.1) is 24.0 Å². The zero-order valence-corrected chi connectivity index (χ0v) is 21.8. The Balaban J connectivity index is 0.00000341. The van der Waals surface area contributed by atoms with Crippen molar-refractivity contribution >= 4 is 29.9 Å². The fourth-order valence-corrected chi connectivity index (χ4v) is 4.32. The molecule has 0 atom stereocenters. The van der Waals surface area contributed by atoms with Crippen LogP contribution >= 0.6 is 24.0 Å². The predicted molar refractivity (Wildman–Crippen MR) is 136 cm³/mol. The van der Waals surface area contributed by atoms with Crippen LogP contribution in [0, 0.1) is 6.92 Å². The van der Waals surface area contributed by atoms with Crippen LogP contribution in [0.2, 0.25) is 0 Å². The van der Waals surface area contributed by atoms with Crippen molar-refractivity contribution in [3.05, 3.63) is 17.5 Å². The van der Waals surface area contributed by atoms with Gasteiger partial charge in [0.05, 0.1) is 11.8 Å². The molecule has 2 aliphatic rings. The Kier molecular flexibility index (Phi) is 12.8. The molecule has 0 amide bonds.